The molecule has 0 bridgehead atoms. The molecule has 0 saturated heterocycles. The van der Waals surface area contributed by atoms with E-state index in [0.717, 1.165) is 24.1 Å². The number of nitrogens with zero attached hydrogens (tertiary/aromatic N) is 1. The van der Waals surface area contributed by atoms with Gasteiger partial charge in [-0.15, -0.1) is 0 Å². The first kappa shape index (κ1) is 15.5. The number of hydrogen-bond acceptors (Lipinski definition) is 3. The average molecular weight is 289 g/mol. The summed E-state index contributed by atoms with van der Waals surface area (Å²) < 4.78 is 0. The number of hydrogen-bond donors (Lipinski definition) is 2. The minimum atomic E-state index is -0.110. The van der Waals surface area contributed by atoms with Crippen molar-refractivity contribution in [1.29, 1.82) is 0 Å². The third-order valence-corrected chi connectivity index (χ3v) is 3.61. The van der Waals surface area contributed by atoms with Crippen LogP contribution in [0.25, 0.3) is 0 Å². The van der Waals surface area contributed by atoms with Crippen LogP contribution in [0.4, 0.5) is 5.69 Å². The first-order valence-corrected chi connectivity index (χ1v) is 7.50. The maximum absolute atomic E-state index is 12.2. The van der Waals surface area contributed by atoms with Crippen LogP contribution in [0.5, 0.6) is 0 Å². The second kappa shape index (κ2) is 7.22. The molecule has 2 rings (SSSR count). The van der Waals surface area contributed by atoms with Crippen LogP contribution in [0.15, 0.2) is 24.3 Å². The molecule has 1 aromatic rings. The van der Waals surface area contributed by atoms with Crippen molar-refractivity contribution in [3.63, 3.8) is 0 Å². The van der Waals surface area contributed by atoms with Gasteiger partial charge in [0.1, 0.15) is 6.54 Å². The van der Waals surface area contributed by atoms with Crippen LogP contribution < -0.4 is 15.5 Å². The molecule has 5 nitrogen and oxygen atoms in total. The predicted octanol–water partition coefficient (Wildman–Crippen LogP) is 1.43. The van der Waals surface area contributed by atoms with Crippen molar-refractivity contribution in [3.8, 4) is 0 Å². The molecule has 114 valence electrons. The quantitative estimate of drug-likeness (QED) is 0.862. The Balaban J connectivity index is 2.10. The third-order valence-electron chi connectivity index (χ3n) is 3.61. The van der Waals surface area contributed by atoms with E-state index >= 15 is 0 Å². The van der Waals surface area contributed by atoms with E-state index in [4.69, 9.17) is 0 Å². The Morgan fingerprint density at radius 3 is 2.90 bits per heavy atom. The van der Waals surface area contributed by atoms with E-state index in [1.165, 1.54) is 0 Å². The molecule has 1 atom stereocenters. The van der Waals surface area contributed by atoms with Gasteiger partial charge in [-0.2, -0.15) is 0 Å². The zero-order valence-electron chi connectivity index (χ0n) is 12.7. The zero-order valence-corrected chi connectivity index (χ0v) is 12.7. The molecule has 21 heavy (non-hydrogen) atoms. The fourth-order valence-corrected chi connectivity index (χ4v) is 2.60. The second-order valence-corrected chi connectivity index (χ2v) is 5.47. The van der Waals surface area contributed by atoms with Gasteiger partial charge in [0.2, 0.25) is 11.8 Å². The second-order valence-electron chi connectivity index (χ2n) is 5.47. The summed E-state index contributed by atoms with van der Waals surface area (Å²) in [5, 5.41) is 6.04. The molecule has 1 aliphatic rings. The van der Waals surface area contributed by atoms with Crippen molar-refractivity contribution in [3.05, 3.63) is 29.8 Å². The molecular formula is C16H23N3O2. The van der Waals surface area contributed by atoms with E-state index in [1.54, 1.807) is 4.90 Å². The summed E-state index contributed by atoms with van der Waals surface area (Å²) in [6.45, 7) is 5.05. The van der Waals surface area contributed by atoms with Gasteiger partial charge in [-0.05, 0) is 25.0 Å². The molecule has 1 aliphatic heterocycles. The van der Waals surface area contributed by atoms with Gasteiger partial charge in [-0.1, -0.05) is 31.5 Å². The Morgan fingerprint density at radius 2 is 2.14 bits per heavy atom. The molecule has 0 aliphatic carbocycles. The van der Waals surface area contributed by atoms with Crippen LogP contribution in [0, 0.1) is 0 Å². The first-order chi connectivity index (χ1) is 10.1. The highest BCUT2D eigenvalue weighted by molar-refractivity contribution is 6.00. The fourth-order valence-electron chi connectivity index (χ4n) is 2.60. The van der Waals surface area contributed by atoms with Gasteiger partial charge in [0.15, 0.2) is 0 Å². The summed E-state index contributed by atoms with van der Waals surface area (Å²) in [5.74, 6) is -0.181. The van der Waals surface area contributed by atoms with E-state index < -0.39 is 0 Å². The first-order valence-electron chi connectivity index (χ1n) is 7.50. The van der Waals surface area contributed by atoms with Crippen LogP contribution in [0.3, 0.4) is 0 Å². The normalized spacial score (nSPS) is 16.1. The van der Waals surface area contributed by atoms with Crippen molar-refractivity contribution in [1.82, 2.24) is 10.6 Å². The van der Waals surface area contributed by atoms with E-state index in [2.05, 4.69) is 17.6 Å². The number of amides is 2. The maximum atomic E-state index is 12.2. The number of carbonyl (C=O) groups excluding carboxylic acids is 2. The molecule has 1 heterocycles. The summed E-state index contributed by atoms with van der Waals surface area (Å²) in [5.41, 5.74) is 1.86. The highest BCUT2D eigenvalue weighted by atomic mass is 16.2. The van der Waals surface area contributed by atoms with Gasteiger partial charge in [-0.25, -0.2) is 0 Å². The SMILES string of the molecule is CCCC(C)NC(=O)CN1C(=O)CNCc2ccccc21. The highest BCUT2D eigenvalue weighted by Crippen LogP contribution is 2.22. The van der Waals surface area contributed by atoms with E-state index in [-0.39, 0.29) is 30.9 Å². The minimum Gasteiger partial charge on any atom is -0.352 e. The summed E-state index contributed by atoms with van der Waals surface area (Å²) in [4.78, 5) is 25.9. The van der Waals surface area contributed by atoms with Gasteiger partial charge in [0.05, 0.1) is 6.54 Å². The lowest BCUT2D eigenvalue weighted by atomic mass is 10.1. The summed E-state index contributed by atoms with van der Waals surface area (Å²) in [6.07, 6.45) is 1.97. The van der Waals surface area contributed by atoms with E-state index in [9.17, 15) is 9.59 Å². The van der Waals surface area contributed by atoms with Crippen molar-refractivity contribution in [2.45, 2.75) is 39.3 Å². The molecule has 0 saturated carbocycles. The van der Waals surface area contributed by atoms with Crippen LogP contribution >= 0.6 is 0 Å². The molecule has 0 spiro atoms. The topological polar surface area (TPSA) is 61.4 Å². The van der Waals surface area contributed by atoms with Crippen LogP contribution in [-0.2, 0) is 16.1 Å². The van der Waals surface area contributed by atoms with Crippen LogP contribution in [0.1, 0.15) is 32.3 Å². The molecular weight excluding hydrogens is 266 g/mol. The summed E-state index contributed by atoms with van der Waals surface area (Å²) in [6, 6.07) is 7.84. The maximum Gasteiger partial charge on any atom is 0.241 e. The Bertz CT molecular complexity index is 516. The van der Waals surface area contributed by atoms with Gasteiger partial charge in [0.25, 0.3) is 0 Å². The van der Waals surface area contributed by atoms with E-state index in [0.29, 0.717) is 6.54 Å². The Labute approximate surface area is 125 Å². The number of fused-ring (bicyclic) bond motifs is 1. The van der Waals surface area contributed by atoms with Crippen molar-refractivity contribution in [2.24, 2.45) is 0 Å². The predicted molar refractivity (Wildman–Crippen MR) is 83.0 cm³/mol. The molecule has 0 radical (unpaired) electrons. The average Bonchev–Trinajstić information content (AvgIpc) is 2.59. The third kappa shape index (κ3) is 4.04. The van der Waals surface area contributed by atoms with Crippen molar-refractivity contribution in [2.75, 3.05) is 18.0 Å². The number of para-hydroxylation sites is 1. The number of carbonyl (C=O) groups is 2. The lowest BCUT2D eigenvalue weighted by Gasteiger charge is -2.23. The van der Waals surface area contributed by atoms with Crippen LogP contribution in [0.2, 0.25) is 0 Å². The lowest BCUT2D eigenvalue weighted by molar-refractivity contribution is -0.123. The van der Waals surface area contributed by atoms with Gasteiger partial charge >= 0.3 is 0 Å². The van der Waals surface area contributed by atoms with Gasteiger partial charge in [-0.3, -0.25) is 9.59 Å². The lowest BCUT2D eigenvalue weighted by Crippen LogP contribution is -2.45. The molecule has 2 N–H and O–H groups in total. The summed E-state index contributed by atoms with van der Waals surface area (Å²) in [7, 11) is 0. The number of rotatable bonds is 5. The Hall–Kier alpha value is -1.88. The molecule has 1 aromatic carbocycles. The van der Waals surface area contributed by atoms with Gasteiger partial charge < -0.3 is 15.5 Å². The summed E-state index contributed by atoms with van der Waals surface area (Å²) >= 11 is 0. The standard InChI is InChI=1S/C16H23N3O2/c1-3-6-12(2)18-15(20)11-19-14-8-5-4-7-13(14)9-17-10-16(19)21/h4-5,7-8,12,17H,3,6,9-11H2,1-2H3,(H,18,20). The largest absolute Gasteiger partial charge is 0.352 e. The number of anilines is 1. The molecule has 5 heteroatoms. The molecule has 0 fully saturated rings. The smallest absolute Gasteiger partial charge is 0.241 e. The fraction of sp³-hybridized carbons (Fsp3) is 0.500. The Kier molecular flexibility index (Phi) is 5.33. The van der Waals surface area contributed by atoms with E-state index in [1.807, 2.05) is 31.2 Å². The van der Waals surface area contributed by atoms with Gasteiger partial charge in [0, 0.05) is 18.3 Å². The Morgan fingerprint density at radius 1 is 1.38 bits per heavy atom. The van der Waals surface area contributed by atoms with Crippen molar-refractivity contribution < 1.29 is 9.59 Å². The minimum absolute atomic E-state index is 0.0711. The molecule has 0 aromatic heterocycles. The number of nitrogens with one attached hydrogen (secondary N) is 2. The monoisotopic (exact) mass is 289 g/mol. The highest BCUT2D eigenvalue weighted by Gasteiger charge is 2.24. The van der Waals surface area contributed by atoms with Crippen molar-refractivity contribution >= 4 is 17.5 Å². The molecule has 1 unspecified atom stereocenters. The van der Waals surface area contributed by atoms with Crippen LogP contribution in [-0.4, -0.2) is 30.9 Å². The number of benzene rings is 1. The molecule has 2 amide bonds. The zero-order chi connectivity index (χ0) is 15.2.